The third-order valence-corrected chi connectivity index (χ3v) is 2.89. The van der Waals surface area contributed by atoms with E-state index in [4.69, 9.17) is 16.1 Å². The second-order valence-corrected chi connectivity index (χ2v) is 4.84. The van der Waals surface area contributed by atoms with Crippen LogP contribution in [-0.4, -0.2) is 10.1 Å². The lowest BCUT2D eigenvalue weighted by molar-refractivity contribution is 0.369. The Kier molecular flexibility index (Phi) is 3.35. The molecule has 0 bridgehead atoms. The summed E-state index contributed by atoms with van der Waals surface area (Å²) < 4.78 is 5.76. The summed E-state index contributed by atoms with van der Waals surface area (Å²) in [4.78, 5) is 4.13. The largest absolute Gasteiger partial charge is 0.360 e. The SMILES string of the molecule is Cc1cc(CNCc2ncc(Cl)s2)on1. The van der Waals surface area contributed by atoms with Gasteiger partial charge < -0.3 is 9.84 Å². The van der Waals surface area contributed by atoms with Crippen molar-refractivity contribution in [2.24, 2.45) is 0 Å². The van der Waals surface area contributed by atoms with Gasteiger partial charge in [0.15, 0.2) is 5.76 Å². The van der Waals surface area contributed by atoms with E-state index < -0.39 is 0 Å². The van der Waals surface area contributed by atoms with Crippen molar-refractivity contribution in [1.29, 1.82) is 0 Å². The van der Waals surface area contributed by atoms with Crippen LogP contribution in [0, 0.1) is 6.92 Å². The molecule has 15 heavy (non-hydrogen) atoms. The Hall–Kier alpha value is -0.910. The molecule has 0 saturated heterocycles. The average molecular weight is 244 g/mol. The second kappa shape index (κ2) is 4.74. The molecule has 0 unspecified atom stereocenters. The molecule has 0 aliphatic rings. The summed E-state index contributed by atoms with van der Waals surface area (Å²) in [6.07, 6.45) is 1.65. The van der Waals surface area contributed by atoms with E-state index in [1.807, 2.05) is 13.0 Å². The molecule has 2 heterocycles. The normalized spacial score (nSPS) is 10.8. The number of thiazole rings is 1. The van der Waals surface area contributed by atoms with E-state index in [0.29, 0.717) is 17.4 Å². The van der Waals surface area contributed by atoms with E-state index in [-0.39, 0.29) is 0 Å². The predicted octanol–water partition coefficient (Wildman–Crippen LogP) is 2.38. The first kappa shape index (κ1) is 10.6. The minimum atomic E-state index is 0.651. The highest BCUT2D eigenvalue weighted by molar-refractivity contribution is 7.15. The number of hydrogen-bond donors (Lipinski definition) is 1. The fourth-order valence-corrected chi connectivity index (χ4v) is 2.09. The Balaban J connectivity index is 1.80. The van der Waals surface area contributed by atoms with Crippen LogP contribution in [-0.2, 0) is 13.1 Å². The number of halogens is 1. The Bertz CT molecular complexity index is 400. The third kappa shape index (κ3) is 3.02. The highest BCUT2D eigenvalue weighted by atomic mass is 35.5. The lowest BCUT2D eigenvalue weighted by Gasteiger charge is -1.97. The Morgan fingerprint density at radius 3 is 3.00 bits per heavy atom. The molecule has 2 rings (SSSR count). The molecule has 2 aromatic heterocycles. The summed E-state index contributed by atoms with van der Waals surface area (Å²) in [5.41, 5.74) is 0.893. The van der Waals surface area contributed by atoms with Gasteiger partial charge in [0, 0.05) is 12.6 Å². The van der Waals surface area contributed by atoms with Crippen LogP contribution >= 0.6 is 22.9 Å². The van der Waals surface area contributed by atoms with E-state index in [1.54, 1.807) is 6.20 Å². The van der Waals surface area contributed by atoms with Crippen LogP contribution in [0.3, 0.4) is 0 Å². The summed E-state index contributed by atoms with van der Waals surface area (Å²) in [5, 5.41) is 7.97. The van der Waals surface area contributed by atoms with Crippen LogP contribution in [0.4, 0.5) is 0 Å². The Morgan fingerprint density at radius 2 is 2.40 bits per heavy atom. The van der Waals surface area contributed by atoms with E-state index in [9.17, 15) is 0 Å². The summed E-state index contributed by atoms with van der Waals surface area (Å²) in [7, 11) is 0. The van der Waals surface area contributed by atoms with Gasteiger partial charge in [0.2, 0.25) is 0 Å². The molecule has 0 amide bonds. The maximum atomic E-state index is 5.76. The van der Waals surface area contributed by atoms with Crippen molar-refractivity contribution < 1.29 is 4.52 Å². The Labute approximate surface area is 96.3 Å². The zero-order valence-electron chi connectivity index (χ0n) is 8.16. The van der Waals surface area contributed by atoms with Gasteiger partial charge in [0.1, 0.15) is 9.34 Å². The maximum Gasteiger partial charge on any atom is 0.150 e. The molecule has 80 valence electrons. The topological polar surface area (TPSA) is 51.0 Å². The molecule has 1 N–H and O–H groups in total. The van der Waals surface area contributed by atoms with Crippen LogP contribution < -0.4 is 5.32 Å². The molecular weight excluding hydrogens is 234 g/mol. The molecule has 0 spiro atoms. The summed E-state index contributed by atoms with van der Waals surface area (Å²) in [5.74, 6) is 0.829. The van der Waals surface area contributed by atoms with Gasteiger partial charge in [0.25, 0.3) is 0 Å². The van der Waals surface area contributed by atoms with Gasteiger partial charge in [-0.3, -0.25) is 0 Å². The minimum Gasteiger partial charge on any atom is -0.360 e. The number of aryl methyl sites for hydroxylation is 1. The molecule has 0 atom stereocenters. The van der Waals surface area contributed by atoms with E-state index in [1.165, 1.54) is 11.3 Å². The molecular formula is C9H10ClN3OS. The van der Waals surface area contributed by atoms with Crippen molar-refractivity contribution in [3.63, 3.8) is 0 Å². The van der Waals surface area contributed by atoms with Crippen LogP contribution in [0.2, 0.25) is 4.34 Å². The fourth-order valence-electron chi connectivity index (χ4n) is 1.16. The lowest BCUT2D eigenvalue weighted by atomic mass is 10.4. The van der Waals surface area contributed by atoms with Gasteiger partial charge in [0.05, 0.1) is 18.4 Å². The maximum absolute atomic E-state index is 5.76. The summed E-state index contributed by atoms with van der Waals surface area (Å²) in [6, 6.07) is 1.90. The monoisotopic (exact) mass is 243 g/mol. The quantitative estimate of drug-likeness (QED) is 0.896. The van der Waals surface area contributed by atoms with Crippen LogP contribution in [0.15, 0.2) is 16.8 Å². The zero-order valence-corrected chi connectivity index (χ0v) is 9.73. The van der Waals surface area contributed by atoms with Crippen LogP contribution in [0.25, 0.3) is 0 Å². The lowest BCUT2D eigenvalue weighted by Crippen LogP contribution is -2.11. The minimum absolute atomic E-state index is 0.651. The van der Waals surface area contributed by atoms with Crippen molar-refractivity contribution in [2.45, 2.75) is 20.0 Å². The number of aromatic nitrogens is 2. The summed E-state index contributed by atoms with van der Waals surface area (Å²) >= 11 is 7.23. The number of nitrogens with one attached hydrogen (secondary N) is 1. The molecule has 6 heteroatoms. The first-order valence-electron chi connectivity index (χ1n) is 4.47. The molecule has 2 aromatic rings. The standard InChI is InChI=1S/C9H10ClN3OS/c1-6-2-7(14-13-6)3-11-5-9-12-4-8(10)15-9/h2,4,11H,3,5H2,1H3. The highest BCUT2D eigenvalue weighted by Crippen LogP contribution is 2.17. The summed E-state index contributed by atoms with van der Waals surface area (Å²) in [6.45, 7) is 3.24. The van der Waals surface area contributed by atoms with Gasteiger partial charge in [-0.25, -0.2) is 4.98 Å². The second-order valence-electron chi connectivity index (χ2n) is 3.10. The molecule has 0 fully saturated rings. The van der Waals surface area contributed by atoms with Crippen LogP contribution in [0.1, 0.15) is 16.5 Å². The molecule has 0 aromatic carbocycles. The number of rotatable bonds is 4. The van der Waals surface area contributed by atoms with Crippen molar-refractivity contribution in [3.05, 3.63) is 33.1 Å². The van der Waals surface area contributed by atoms with Crippen molar-refractivity contribution in [2.75, 3.05) is 0 Å². The van der Waals surface area contributed by atoms with E-state index in [2.05, 4.69) is 15.5 Å². The first-order valence-corrected chi connectivity index (χ1v) is 5.66. The Morgan fingerprint density at radius 1 is 1.53 bits per heavy atom. The van der Waals surface area contributed by atoms with Crippen LogP contribution in [0.5, 0.6) is 0 Å². The van der Waals surface area contributed by atoms with E-state index in [0.717, 1.165) is 16.5 Å². The van der Waals surface area contributed by atoms with Gasteiger partial charge in [-0.2, -0.15) is 0 Å². The van der Waals surface area contributed by atoms with Crippen molar-refractivity contribution >= 4 is 22.9 Å². The van der Waals surface area contributed by atoms with Gasteiger partial charge in [-0.1, -0.05) is 16.8 Å². The molecule has 4 nitrogen and oxygen atoms in total. The fraction of sp³-hybridized carbons (Fsp3) is 0.333. The van der Waals surface area contributed by atoms with E-state index >= 15 is 0 Å². The van der Waals surface area contributed by atoms with Crippen molar-refractivity contribution in [1.82, 2.24) is 15.5 Å². The molecule has 0 aliphatic heterocycles. The smallest absolute Gasteiger partial charge is 0.150 e. The van der Waals surface area contributed by atoms with Crippen molar-refractivity contribution in [3.8, 4) is 0 Å². The van der Waals surface area contributed by atoms with Gasteiger partial charge in [-0.15, -0.1) is 11.3 Å². The first-order chi connectivity index (χ1) is 7.24. The molecule has 0 aliphatic carbocycles. The van der Waals surface area contributed by atoms with Gasteiger partial charge >= 0.3 is 0 Å². The highest BCUT2D eigenvalue weighted by Gasteiger charge is 2.02. The third-order valence-electron chi connectivity index (χ3n) is 1.78. The average Bonchev–Trinajstić information content (AvgIpc) is 2.76. The predicted molar refractivity (Wildman–Crippen MR) is 58.9 cm³/mol. The number of hydrogen-bond acceptors (Lipinski definition) is 5. The number of nitrogens with zero attached hydrogens (tertiary/aromatic N) is 2. The zero-order chi connectivity index (χ0) is 10.7. The molecule has 0 radical (unpaired) electrons. The van der Waals surface area contributed by atoms with Gasteiger partial charge in [-0.05, 0) is 6.92 Å². The molecule has 0 saturated carbocycles.